The Morgan fingerprint density at radius 3 is 2.33 bits per heavy atom. The molecule has 0 aliphatic heterocycles. The van der Waals surface area contributed by atoms with Crippen molar-refractivity contribution >= 4 is 5.78 Å². The highest BCUT2D eigenvalue weighted by Crippen LogP contribution is 2.10. The van der Waals surface area contributed by atoms with Gasteiger partial charge in [0.25, 0.3) is 0 Å². The highest BCUT2D eigenvalue weighted by atomic mass is 19.1. The molecule has 0 unspecified atom stereocenters. The molecule has 0 saturated carbocycles. The minimum atomic E-state index is -1.85. The molecule has 0 aromatic carbocycles. The van der Waals surface area contributed by atoms with Crippen LogP contribution in [0.1, 0.15) is 20.3 Å². The Morgan fingerprint density at radius 2 is 2.22 bits per heavy atom. The van der Waals surface area contributed by atoms with Gasteiger partial charge in [0.2, 0.25) is 0 Å². The third-order valence-corrected chi connectivity index (χ3v) is 0.903. The maximum absolute atomic E-state index is 12.5. The average Bonchev–Trinajstić information content (AvgIpc) is 1.64. The Kier molecular flexibility index (Phi) is 2.32. The molecule has 0 heterocycles. The number of hydrogen-bond donors (Lipinski definition) is 0. The average molecular weight is 129 g/mol. The van der Waals surface area contributed by atoms with Crippen LogP contribution < -0.4 is 0 Å². The van der Waals surface area contributed by atoms with E-state index in [1.165, 1.54) is 0 Å². The van der Waals surface area contributed by atoms with E-state index in [-0.39, 0.29) is 6.42 Å². The van der Waals surface area contributed by atoms with Crippen molar-refractivity contribution in [3.63, 3.8) is 0 Å². The number of carbonyl (C=O) groups excluding carboxylic acids is 1. The van der Waals surface area contributed by atoms with Crippen LogP contribution in [0, 0.1) is 11.3 Å². The zero-order valence-electron chi connectivity index (χ0n) is 5.44. The Balaban J connectivity index is 3.93. The second-order valence-corrected chi connectivity index (χ2v) is 2.23. The van der Waals surface area contributed by atoms with E-state index < -0.39 is 11.5 Å². The van der Waals surface area contributed by atoms with Gasteiger partial charge in [0.1, 0.15) is 0 Å². The highest BCUT2D eigenvalue weighted by molar-refractivity contribution is 5.87. The van der Waals surface area contributed by atoms with Crippen molar-refractivity contribution in [3.05, 3.63) is 0 Å². The number of nitriles is 1. The van der Waals surface area contributed by atoms with Crippen molar-refractivity contribution in [2.75, 3.05) is 0 Å². The van der Waals surface area contributed by atoms with Gasteiger partial charge in [-0.1, -0.05) is 0 Å². The fraction of sp³-hybridized carbons (Fsp3) is 0.667. The van der Waals surface area contributed by atoms with E-state index in [9.17, 15) is 9.18 Å². The van der Waals surface area contributed by atoms with Crippen molar-refractivity contribution in [2.24, 2.45) is 0 Å². The number of alkyl halides is 1. The van der Waals surface area contributed by atoms with Gasteiger partial charge in [0.15, 0.2) is 11.5 Å². The summed E-state index contributed by atoms with van der Waals surface area (Å²) in [5.41, 5.74) is -1.85. The molecule has 9 heavy (non-hydrogen) atoms. The third kappa shape index (κ3) is 2.81. The standard InChI is InChI=1S/C6H8FNO/c1-6(2,7)5(9)3-4-8/h3H2,1-2H3. The molecule has 0 atom stereocenters. The highest BCUT2D eigenvalue weighted by Gasteiger charge is 2.25. The second kappa shape index (κ2) is 2.58. The predicted molar refractivity (Wildman–Crippen MR) is 30.4 cm³/mol. The SMILES string of the molecule is CC(C)(F)C(=O)CC#N. The van der Waals surface area contributed by atoms with Crippen LogP contribution in [0.5, 0.6) is 0 Å². The fourth-order valence-electron chi connectivity index (χ4n) is 0.282. The summed E-state index contributed by atoms with van der Waals surface area (Å²) in [6, 6.07) is 1.58. The first-order chi connectivity index (χ1) is 3.98. The normalized spacial score (nSPS) is 10.4. The second-order valence-electron chi connectivity index (χ2n) is 2.23. The number of halogens is 1. The van der Waals surface area contributed by atoms with Crippen molar-refractivity contribution < 1.29 is 9.18 Å². The van der Waals surface area contributed by atoms with E-state index in [0.29, 0.717) is 0 Å². The van der Waals surface area contributed by atoms with E-state index >= 15 is 0 Å². The summed E-state index contributed by atoms with van der Waals surface area (Å²) in [5, 5.41) is 7.96. The Morgan fingerprint density at radius 1 is 1.78 bits per heavy atom. The van der Waals surface area contributed by atoms with Crippen molar-refractivity contribution in [2.45, 2.75) is 25.9 Å². The van der Waals surface area contributed by atoms with Crippen LogP contribution in [0.25, 0.3) is 0 Å². The monoisotopic (exact) mass is 129 g/mol. The zero-order chi connectivity index (χ0) is 7.49. The summed E-state index contributed by atoms with van der Waals surface area (Å²) >= 11 is 0. The minimum Gasteiger partial charge on any atom is -0.295 e. The van der Waals surface area contributed by atoms with Crippen LogP contribution in [-0.4, -0.2) is 11.5 Å². The van der Waals surface area contributed by atoms with E-state index in [1.54, 1.807) is 6.07 Å². The predicted octanol–water partition coefficient (Wildman–Crippen LogP) is 1.22. The summed E-state index contributed by atoms with van der Waals surface area (Å²) in [7, 11) is 0. The summed E-state index contributed by atoms with van der Waals surface area (Å²) in [5.74, 6) is -0.662. The minimum absolute atomic E-state index is 0.344. The number of rotatable bonds is 2. The van der Waals surface area contributed by atoms with E-state index in [1.807, 2.05) is 0 Å². The number of hydrogen-bond acceptors (Lipinski definition) is 2. The quantitative estimate of drug-likeness (QED) is 0.562. The van der Waals surface area contributed by atoms with E-state index in [0.717, 1.165) is 13.8 Å². The molecule has 0 amide bonds. The third-order valence-electron chi connectivity index (χ3n) is 0.903. The Labute approximate surface area is 53.3 Å². The van der Waals surface area contributed by atoms with Crippen molar-refractivity contribution in [3.8, 4) is 6.07 Å². The van der Waals surface area contributed by atoms with Crippen LogP contribution in [0.3, 0.4) is 0 Å². The van der Waals surface area contributed by atoms with Gasteiger partial charge in [-0.2, -0.15) is 5.26 Å². The molecule has 0 fully saturated rings. The van der Waals surface area contributed by atoms with Crippen molar-refractivity contribution in [1.82, 2.24) is 0 Å². The lowest BCUT2D eigenvalue weighted by Gasteiger charge is -2.08. The summed E-state index contributed by atoms with van der Waals surface area (Å²) in [4.78, 5) is 10.5. The van der Waals surface area contributed by atoms with Gasteiger partial charge >= 0.3 is 0 Å². The number of nitrogens with zero attached hydrogens (tertiary/aromatic N) is 1. The maximum Gasteiger partial charge on any atom is 0.183 e. The van der Waals surface area contributed by atoms with Crippen LogP contribution in [0.15, 0.2) is 0 Å². The molecule has 50 valence electrons. The molecule has 0 aliphatic carbocycles. The molecule has 0 aromatic heterocycles. The summed E-state index contributed by atoms with van der Waals surface area (Å²) < 4.78 is 12.5. The molecular weight excluding hydrogens is 121 g/mol. The van der Waals surface area contributed by atoms with E-state index in [4.69, 9.17) is 5.26 Å². The largest absolute Gasteiger partial charge is 0.295 e. The number of ketones is 1. The van der Waals surface area contributed by atoms with Gasteiger partial charge in [0, 0.05) is 0 Å². The molecule has 0 N–H and O–H groups in total. The van der Waals surface area contributed by atoms with Gasteiger partial charge in [0.05, 0.1) is 12.5 Å². The van der Waals surface area contributed by atoms with Gasteiger partial charge in [-0.15, -0.1) is 0 Å². The molecule has 0 bridgehead atoms. The first-order valence-corrected chi connectivity index (χ1v) is 2.57. The molecule has 0 radical (unpaired) electrons. The first-order valence-electron chi connectivity index (χ1n) is 2.57. The maximum atomic E-state index is 12.5. The molecule has 0 spiro atoms. The summed E-state index contributed by atoms with van der Waals surface area (Å²) in [6.45, 7) is 2.29. The lowest BCUT2D eigenvalue weighted by Crippen LogP contribution is -2.24. The fourth-order valence-corrected chi connectivity index (χ4v) is 0.282. The van der Waals surface area contributed by atoms with Crippen LogP contribution in [0.4, 0.5) is 4.39 Å². The lowest BCUT2D eigenvalue weighted by atomic mass is 10.0. The Bertz CT molecular complexity index is 151. The molecule has 0 saturated heterocycles. The molecule has 0 aliphatic rings. The number of carbonyl (C=O) groups is 1. The first kappa shape index (κ1) is 8.09. The topological polar surface area (TPSA) is 40.9 Å². The zero-order valence-corrected chi connectivity index (χ0v) is 5.44. The van der Waals surface area contributed by atoms with Crippen LogP contribution in [0.2, 0.25) is 0 Å². The molecule has 3 heteroatoms. The summed E-state index contributed by atoms with van der Waals surface area (Å²) in [6.07, 6.45) is -0.344. The molecular formula is C6H8FNO. The van der Waals surface area contributed by atoms with Gasteiger partial charge in [-0.25, -0.2) is 4.39 Å². The molecule has 0 rings (SSSR count). The van der Waals surface area contributed by atoms with Gasteiger partial charge in [-0.05, 0) is 13.8 Å². The van der Waals surface area contributed by atoms with Crippen LogP contribution in [-0.2, 0) is 4.79 Å². The van der Waals surface area contributed by atoms with Gasteiger partial charge in [-0.3, -0.25) is 4.79 Å². The molecule has 0 aromatic rings. The molecule has 2 nitrogen and oxygen atoms in total. The van der Waals surface area contributed by atoms with Crippen molar-refractivity contribution in [1.29, 1.82) is 5.26 Å². The lowest BCUT2D eigenvalue weighted by molar-refractivity contribution is -0.127. The Hall–Kier alpha value is -0.910. The van der Waals surface area contributed by atoms with E-state index in [2.05, 4.69) is 0 Å². The van der Waals surface area contributed by atoms with Crippen LogP contribution >= 0.6 is 0 Å². The number of Topliss-reactive ketones (excluding diaryl/α,β-unsaturated/α-hetero) is 1. The van der Waals surface area contributed by atoms with Gasteiger partial charge < -0.3 is 0 Å². The smallest absolute Gasteiger partial charge is 0.183 e.